The molecule has 0 saturated carbocycles. The highest BCUT2D eigenvalue weighted by molar-refractivity contribution is 6.33. The molecule has 116 valence electrons. The van der Waals surface area contributed by atoms with Crippen LogP contribution in [0.4, 0.5) is 10.5 Å². The number of urea groups is 1. The van der Waals surface area contributed by atoms with Crippen molar-refractivity contribution in [2.75, 3.05) is 18.6 Å². The minimum atomic E-state index is -0.593. The van der Waals surface area contributed by atoms with Crippen LogP contribution in [0.15, 0.2) is 29.8 Å². The Morgan fingerprint density at radius 1 is 1.41 bits per heavy atom. The van der Waals surface area contributed by atoms with Crippen LogP contribution in [0.25, 0.3) is 0 Å². The largest absolute Gasteiger partial charge is 0.465 e. The normalized spacial score (nSPS) is 15.0. The minimum Gasteiger partial charge on any atom is -0.465 e. The number of nitrogens with zero attached hydrogens (tertiary/aromatic N) is 1. The van der Waals surface area contributed by atoms with Crippen LogP contribution >= 0.6 is 11.6 Å². The van der Waals surface area contributed by atoms with Crippen molar-refractivity contribution in [1.29, 1.82) is 0 Å². The first-order chi connectivity index (χ1) is 10.5. The number of anilines is 1. The van der Waals surface area contributed by atoms with Gasteiger partial charge in [-0.1, -0.05) is 18.5 Å². The monoisotopic (exact) mass is 322 g/mol. The Hall–Kier alpha value is -2.34. The standard InChI is InChI=1S/C15H15ClN2O4/c1-3-9-6-13(19)17-15(21)18(8-9)10-4-5-12(16)11(7-10)14(20)22-2/h4-7H,3,8H2,1-2H3,(H,17,19,21). The van der Waals surface area contributed by atoms with Crippen LogP contribution in [0.1, 0.15) is 23.7 Å². The highest BCUT2D eigenvalue weighted by Gasteiger charge is 2.24. The number of carbonyl (C=O) groups excluding carboxylic acids is 3. The molecule has 3 amide bonds. The van der Waals surface area contributed by atoms with Crippen LogP contribution in [0.2, 0.25) is 5.02 Å². The van der Waals surface area contributed by atoms with Crippen molar-refractivity contribution in [2.45, 2.75) is 13.3 Å². The van der Waals surface area contributed by atoms with E-state index in [0.717, 1.165) is 5.57 Å². The van der Waals surface area contributed by atoms with E-state index in [9.17, 15) is 14.4 Å². The Kier molecular flexibility index (Phi) is 4.82. The Labute approximate surface area is 132 Å². The van der Waals surface area contributed by atoms with Crippen molar-refractivity contribution < 1.29 is 19.1 Å². The maximum absolute atomic E-state index is 12.1. The summed E-state index contributed by atoms with van der Waals surface area (Å²) in [6, 6.07) is 4.04. The molecule has 22 heavy (non-hydrogen) atoms. The summed E-state index contributed by atoms with van der Waals surface area (Å²) in [4.78, 5) is 36.8. The molecule has 0 aliphatic carbocycles. The third-order valence-electron chi connectivity index (χ3n) is 3.29. The van der Waals surface area contributed by atoms with Gasteiger partial charge in [-0.05, 0) is 30.2 Å². The topological polar surface area (TPSA) is 75.7 Å². The molecule has 7 heteroatoms. The molecule has 6 nitrogen and oxygen atoms in total. The molecule has 0 unspecified atom stereocenters. The highest BCUT2D eigenvalue weighted by Crippen LogP contribution is 2.25. The fourth-order valence-electron chi connectivity index (χ4n) is 2.08. The first-order valence-corrected chi connectivity index (χ1v) is 7.03. The zero-order chi connectivity index (χ0) is 16.3. The maximum Gasteiger partial charge on any atom is 0.339 e. The molecular formula is C15H15ClN2O4. The second kappa shape index (κ2) is 6.62. The third kappa shape index (κ3) is 3.28. The van der Waals surface area contributed by atoms with Crippen molar-refractivity contribution in [2.24, 2.45) is 0 Å². The van der Waals surface area contributed by atoms with Gasteiger partial charge in [-0.3, -0.25) is 15.0 Å². The lowest BCUT2D eigenvalue weighted by Crippen LogP contribution is -2.41. The van der Waals surface area contributed by atoms with Gasteiger partial charge in [0.1, 0.15) is 0 Å². The number of esters is 1. The van der Waals surface area contributed by atoms with Gasteiger partial charge in [0.25, 0.3) is 5.91 Å². The molecule has 0 atom stereocenters. The molecule has 0 fully saturated rings. The summed E-state index contributed by atoms with van der Waals surface area (Å²) in [7, 11) is 1.25. The average Bonchev–Trinajstić information content (AvgIpc) is 2.65. The molecule has 1 N–H and O–H groups in total. The molecule has 1 aromatic rings. The van der Waals surface area contributed by atoms with Gasteiger partial charge in [0.15, 0.2) is 0 Å². The zero-order valence-corrected chi connectivity index (χ0v) is 12.9. The molecule has 0 aromatic heterocycles. The molecule has 0 spiro atoms. The Morgan fingerprint density at radius 2 is 2.14 bits per heavy atom. The first-order valence-electron chi connectivity index (χ1n) is 6.66. The molecule has 1 aliphatic heterocycles. The van der Waals surface area contributed by atoms with E-state index in [2.05, 4.69) is 10.1 Å². The number of hydrogen-bond acceptors (Lipinski definition) is 4. The quantitative estimate of drug-likeness (QED) is 0.868. The van der Waals surface area contributed by atoms with E-state index >= 15 is 0 Å². The van der Waals surface area contributed by atoms with E-state index in [-0.39, 0.29) is 17.1 Å². The number of benzene rings is 1. The SMILES string of the molecule is CCC1=CC(=O)NC(=O)N(c2ccc(Cl)c(C(=O)OC)c2)C1. The van der Waals surface area contributed by atoms with Gasteiger partial charge in [0, 0.05) is 18.3 Å². The second-order valence-electron chi connectivity index (χ2n) is 4.69. The van der Waals surface area contributed by atoms with Crippen molar-refractivity contribution in [1.82, 2.24) is 5.32 Å². The molecule has 1 heterocycles. The molecule has 0 saturated heterocycles. The van der Waals surface area contributed by atoms with Gasteiger partial charge in [-0.25, -0.2) is 9.59 Å². The van der Waals surface area contributed by atoms with Crippen molar-refractivity contribution in [3.63, 3.8) is 0 Å². The smallest absolute Gasteiger partial charge is 0.339 e. The van der Waals surface area contributed by atoms with Gasteiger partial charge in [-0.2, -0.15) is 0 Å². The van der Waals surface area contributed by atoms with Crippen molar-refractivity contribution in [3.05, 3.63) is 40.4 Å². The van der Waals surface area contributed by atoms with Gasteiger partial charge in [-0.15, -0.1) is 0 Å². The fourth-order valence-corrected chi connectivity index (χ4v) is 2.28. The number of carbonyl (C=O) groups is 3. The molecule has 1 aromatic carbocycles. The van der Waals surface area contributed by atoms with Crippen LogP contribution in [0.5, 0.6) is 0 Å². The van der Waals surface area contributed by atoms with E-state index < -0.39 is 17.9 Å². The fraction of sp³-hybridized carbons (Fsp3) is 0.267. The average molecular weight is 323 g/mol. The Bertz CT molecular complexity index is 670. The number of rotatable bonds is 3. The number of ether oxygens (including phenoxy) is 1. The number of hydrogen-bond donors (Lipinski definition) is 1. The molecule has 1 aliphatic rings. The second-order valence-corrected chi connectivity index (χ2v) is 5.10. The number of halogens is 1. The highest BCUT2D eigenvalue weighted by atomic mass is 35.5. The minimum absolute atomic E-state index is 0.159. The summed E-state index contributed by atoms with van der Waals surface area (Å²) in [5.41, 5.74) is 1.42. The lowest BCUT2D eigenvalue weighted by atomic mass is 10.1. The zero-order valence-electron chi connectivity index (χ0n) is 12.2. The number of amides is 3. The predicted octanol–water partition coefficient (Wildman–Crippen LogP) is 2.52. The van der Waals surface area contributed by atoms with Crippen LogP contribution in [-0.2, 0) is 9.53 Å². The van der Waals surface area contributed by atoms with Crippen molar-refractivity contribution in [3.8, 4) is 0 Å². The lowest BCUT2D eigenvalue weighted by molar-refractivity contribution is -0.115. The van der Waals surface area contributed by atoms with E-state index in [1.165, 1.54) is 30.2 Å². The van der Waals surface area contributed by atoms with Crippen LogP contribution < -0.4 is 10.2 Å². The number of methoxy groups -OCH3 is 1. The summed E-state index contributed by atoms with van der Waals surface area (Å²) in [5, 5.41) is 2.48. The van der Waals surface area contributed by atoms with E-state index in [1.807, 2.05) is 6.92 Å². The molecule has 2 rings (SSSR count). The van der Waals surface area contributed by atoms with Gasteiger partial charge < -0.3 is 4.74 Å². The van der Waals surface area contributed by atoms with Gasteiger partial charge in [0.05, 0.1) is 17.7 Å². The molecule has 0 radical (unpaired) electrons. The van der Waals surface area contributed by atoms with Crippen LogP contribution in [0.3, 0.4) is 0 Å². The van der Waals surface area contributed by atoms with Crippen LogP contribution in [0, 0.1) is 0 Å². The van der Waals surface area contributed by atoms with Gasteiger partial charge >= 0.3 is 12.0 Å². The van der Waals surface area contributed by atoms with E-state index in [4.69, 9.17) is 11.6 Å². The molecular weight excluding hydrogens is 308 g/mol. The summed E-state index contributed by atoms with van der Waals surface area (Å²) in [6.07, 6.45) is 2.05. The summed E-state index contributed by atoms with van der Waals surface area (Å²) in [6.45, 7) is 2.16. The predicted molar refractivity (Wildman–Crippen MR) is 82.1 cm³/mol. The molecule has 0 bridgehead atoms. The summed E-state index contributed by atoms with van der Waals surface area (Å²) in [5.74, 6) is -1.05. The van der Waals surface area contributed by atoms with Gasteiger partial charge in [0.2, 0.25) is 0 Å². The lowest BCUT2D eigenvalue weighted by Gasteiger charge is -2.22. The van der Waals surface area contributed by atoms with Crippen LogP contribution in [-0.4, -0.2) is 31.6 Å². The number of nitrogens with one attached hydrogen (secondary N) is 1. The summed E-state index contributed by atoms with van der Waals surface area (Å²) < 4.78 is 4.66. The third-order valence-corrected chi connectivity index (χ3v) is 3.62. The van der Waals surface area contributed by atoms with Crippen molar-refractivity contribution >= 4 is 35.2 Å². The Balaban J connectivity index is 2.41. The maximum atomic E-state index is 12.1. The van der Waals surface area contributed by atoms with E-state index in [1.54, 1.807) is 6.07 Å². The Morgan fingerprint density at radius 3 is 2.77 bits per heavy atom. The number of imide groups is 1. The summed E-state index contributed by atoms with van der Waals surface area (Å²) >= 11 is 5.97. The van der Waals surface area contributed by atoms with E-state index in [0.29, 0.717) is 12.1 Å². The first kappa shape index (κ1) is 16.0.